The van der Waals surface area contributed by atoms with E-state index in [2.05, 4.69) is 9.97 Å². The molecule has 0 spiro atoms. The van der Waals surface area contributed by atoms with Crippen molar-refractivity contribution in [2.75, 3.05) is 5.73 Å². The predicted molar refractivity (Wildman–Crippen MR) is 79.9 cm³/mol. The van der Waals surface area contributed by atoms with Crippen molar-refractivity contribution >= 4 is 28.4 Å². The molecule has 1 aromatic heterocycles. The number of para-hydroxylation sites is 1. The highest BCUT2D eigenvalue weighted by Crippen LogP contribution is 2.28. The standard InChI is InChI=1S/C15H12FN3S/c16-14-10(4-3-6-12(14)17)8-20-15-11-5-1-2-7-13(11)18-9-19-15/h1-7,9H,8,17H2. The summed E-state index contributed by atoms with van der Waals surface area (Å²) in [6.07, 6.45) is 1.53. The average Bonchev–Trinajstić information content (AvgIpc) is 2.49. The fourth-order valence-electron chi connectivity index (χ4n) is 1.95. The van der Waals surface area contributed by atoms with Crippen LogP contribution in [0.3, 0.4) is 0 Å². The first kappa shape index (κ1) is 12.9. The number of nitrogen functional groups attached to an aromatic ring is 1. The van der Waals surface area contributed by atoms with E-state index in [1.165, 1.54) is 18.1 Å². The zero-order chi connectivity index (χ0) is 13.9. The molecule has 100 valence electrons. The van der Waals surface area contributed by atoms with Gasteiger partial charge in [0.25, 0.3) is 0 Å². The molecule has 20 heavy (non-hydrogen) atoms. The minimum absolute atomic E-state index is 0.177. The topological polar surface area (TPSA) is 51.8 Å². The van der Waals surface area contributed by atoms with Gasteiger partial charge in [0.15, 0.2) is 0 Å². The van der Waals surface area contributed by atoms with E-state index in [4.69, 9.17) is 5.73 Å². The second-order valence-corrected chi connectivity index (χ2v) is 5.27. The Morgan fingerprint density at radius 2 is 1.90 bits per heavy atom. The number of rotatable bonds is 3. The quantitative estimate of drug-likeness (QED) is 0.453. The molecule has 0 saturated carbocycles. The summed E-state index contributed by atoms with van der Waals surface area (Å²) in [6, 6.07) is 12.8. The van der Waals surface area contributed by atoms with Gasteiger partial charge in [-0.25, -0.2) is 14.4 Å². The summed E-state index contributed by atoms with van der Waals surface area (Å²) in [5.74, 6) is 0.135. The van der Waals surface area contributed by atoms with Gasteiger partial charge in [-0.1, -0.05) is 30.3 Å². The molecule has 5 heteroatoms. The Labute approximate surface area is 120 Å². The molecule has 0 aliphatic heterocycles. The van der Waals surface area contributed by atoms with Gasteiger partial charge in [0.1, 0.15) is 17.2 Å². The van der Waals surface area contributed by atoms with Crippen molar-refractivity contribution < 1.29 is 4.39 Å². The number of nitrogens with zero attached hydrogens (tertiary/aromatic N) is 2. The van der Waals surface area contributed by atoms with E-state index in [9.17, 15) is 4.39 Å². The number of anilines is 1. The second kappa shape index (κ2) is 5.46. The molecule has 0 atom stereocenters. The van der Waals surface area contributed by atoms with E-state index in [1.54, 1.807) is 18.2 Å². The third-order valence-electron chi connectivity index (χ3n) is 2.98. The number of aromatic nitrogens is 2. The molecule has 3 rings (SSSR count). The lowest BCUT2D eigenvalue weighted by Crippen LogP contribution is -1.95. The van der Waals surface area contributed by atoms with Crippen molar-refractivity contribution in [3.8, 4) is 0 Å². The Balaban J connectivity index is 1.89. The van der Waals surface area contributed by atoms with Gasteiger partial charge in [0.05, 0.1) is 11.2 Å². The molecule has 0 aliphatic carbocycles. The third-order valence-corrected chi connectivity index (χ3v) is 4.03. The number of thioether (sulfide) groups is 1. The van der Waals surface area contributed by atoms with Crippen LogP contribution in [0.1, 0.15) is 5.56 Å². The Bertz CT molecular complexity index is 756. The van der Waals surface area contributed by atoms with Crippen LogP contribution >= 0.6 is 11.8 Å². The lowest BCUT2D eigenvalue weighted by molar-refractivity contribution is 0.622. The molecule has 3 nitrogen and oxygen atoms in total. The summed E-state index contributed by atoms with van der Waals surface area (Å²) in [5.41, 5.74) is 7.22. The van der Waals surface area contributed by atoms with Gasteiger partial charge >= 0.3 is 0 Å². The number of halogens is 1. The minimum atomic E-state index is -0.349. The molecule has 0 amide bonds. The Morgan fingerprint density at radius 3 is 2.80 bits per heavy atom. The number of hydrogen-bond acceptors (Lipinski definition) is 4. The van der Waals surface area contributed by atoms with Gasteiger partial charge in [0, 0.05) is 16.7 Å². The van der Waals surface area contributed by atoms with Crippen LogP contribution in [0.2, 0.25) is 0 Å². The lowest BCUT2D eigenvalue weighted by atomic mass is 10.2. The van der Waals surface area contributed by atoms with E-state index in [0.29, 0.717) is 11.3 Å². The minimum Gasteiger partial charge on any atom is -0.396 e. The monoisotopic (exact) mass is 285 g/mol. The molecule has 3 aromatic rings. The summed E-state index contributed by atoms with van der Waals surface area (Å²) in [7, 11) is 0. The predicted octanol–water partition coefficient (Wildman–Crippen LogP) is 3.64. The largest absolute Gasteiger partial charge is 0.396 e. The van der Waals surface area contributed by atoms with Crippen LogP contribution in [0.4, 0.5) is 10.1 Å². The van der Waals surface area contributed by atoms with Crippen molar-refractivity contribution in [1.82, 2.24) is 9.97 Å². The Morgan fingerprint density at radius 1 is 1.05 bits per heavy atom. The van der Waals surface area contributed by atoms with Crippen molar-refractivity contribution in [2.24, 2.45) is 0 Å². The van der Waals surface area contributed by atoms with Crippen LogP contribution < -0.4 is 5.73 Å². The van der Waals surface area contributed by atoms with Crippen LogP contribution in [0.15, 0.2) is 53.8 Å². The fourth-order valence-corrected chi connectivity index (χ4v) is 2.92. The second-order valence-electron chi connectivity index (χ2n) is 4.30. The molecular weight excluding hydrogens is 273 g/mol. The highest BCUT2D eigenvalue weighted by Gasteiger charge is 2.08. The van der Waals surface area contributed by atoms with Gasteiger partial charge in [-0.15, -0.1) is 11.8 Å². The van der Waals surface area contributed by atoms with E-state index in [1.807, 2.05) is 24.3 Å². The molecule has 0 aliphatic rings. The van der Waals surface area contributed by atoms with Crippen molar-refractivity contribution in [3.05, 3.63) is 60.2 Å². The van der Waals surface area contributed by atoms with E-state index in [-0.39, 0.29) is 11.5 Å². The lowest BCUT2D eigenvalue weighted by Gasteiger charge is -2.06. The number of hydrogen-bond donors (Lipinski definition) is 1. The average molecular weight is 285 g/mol. The van der Waals surface area contributed by atoms with Crippen LogP contribution in [0.25, 0.3) is 10.9 Å². The SMILES string of the molecule is Nc1cccc(CSc2ncnc3ccccc23)c1F. The van der Waals surface area contributed by atoms with Gasteiger partial charge in [-0.2, -0.15) is 0 Å². The summed E-state index contributed by atoms with van der Waals surface area (Å²) >= 11 is 1.48. The van der Waals surface area contributed by atoms with E-state index >= 15 is 0 Å². The normalized spacial score (nSPS) is 10.8. The molecule has 0 fully saturated rings. The fraction of sp³-hybridized carbons (Fsp3) is 0.0667. The van der Waals surface area contributed by atoms with Gasteiger partial charge in [-0.05, 0) is 12.1 Å². The molecular formula is C15H12FN3S. The maximum Gasteiger partial charge on any atom is 0.150 e. The first-order valence-electron chi connectivity index (χ1n) is 6.11. The van der Waals surface area contributed by atoms with Gasteiger partial charge in [0.2, 0.25) is 0 Å². The van der Waals surface area contributed by atoms with Crippen molar-refractivity contribution in [2.45, 2.75) is 10.8 Å². The third kappa shape index (κ3) is 2.44. The van der Waals surface area contributed by atoms with Crippen LogP contribution in [0.5, 0.6) is 0 Å². The Kier molecular flexibility index (Phi) is 3.52. The zero-order valence-electron chi connectivity index (χ0n) is 10.6. The number of nitrogens with two attached hydrogens (primary N) is 1. The van der Waals surface area contributed by atoms with Crippen LogP contribution in [-0.2, 0) is 5.75 Å². The van der Waals surface area contributed by atoms with Gasteiger partial charge in [-0.3, -0.25) is 0 Å². The molecule has 1 heterocycles. The summed E-state index contributed by atoms with van der Waals surface area (Å²) in [4.78, 5) is 8.48. The maximum absolute atomic E-state index is 13.8. The number of benzene rings is 2. The molecule has 0 bridgehead atoms. The Hall–Kier alpha value is -2.14. The highest BCUT2D eigenvalue weighted by molar-refractivity contribution is 7.98. The molecule has 2 N–H and O–H groups in total. The summed E-state index contributed by atoms with van der Waals surface area (Å²) in [5, 5.41) is 1.82. The zero-order valence-corrected chi connectivity index (χ0v) is 11.4. The molecule has 0 radical (unpaired) electrons. The van der Waals surface area contributed by atoms with E-state index in [0.717, 1.165) is 15.9 Å². The summed E-state index contributed by atoms with van der Waals surface area (Å²) in [6.45, 7) is 0. The van der Waals surface area contributed by atoms with Crippen LogP contribution in [-0.4, -0.2) is 9.97 Å². The molecule has 0 unspecified atom stereocenters. The van der Waals surface area contributed by atoms with Crippen molar-refractivity contribution in [1.29, 1.82) is 0 Å². The maximum atomic E-state index is 13.8. The van der Waals surface area contributed by atoms with E-state index < -0.39 is 0 Å². The number of fused-ring (bicyclic) bond motifs is 1. The smallest absolute Gasteiger partial charge is 0.150 e. The van der Waals surface area contributed by atoms with Crippen molar-refractivity contribution in [3.63, 3.8) is 0 Å². The highest BCUT2D eigenvalue weighted by atomic mass is 32.2. The molecule has 0 saturated heterocycles. The first-order valence-corrected chi connectivity index (χ1v) is 7.09. The summed E-state index contributed by atoms with van der Waals surface area (Å²) < 4.78 is 13.8. The first-order chi connectivity index (χ1) is 9.75. The molecule has 2 aromatic carbocycles. The van der Waals surface area contributed by atoms with Gasteiger partial charge < -0.3 is 5.73 Å². The van der Waals surface area contributed by atoms with Crippen LogP contribution in [0, 0.1) is 5.82 Å².